The fourth-order valence-corrected chi connectivity index (χ4v) is 3.83. The van der Waals surface area contributed by atoms with E-state index >= 15 is 0 Å². The van der Waals surface area contributed by atoms with Crippen LogP contribution >= 0.6 is 23.4 Å². The van der Waals surface area contributed by atoms with E-state index < -0.39 is 4.92 Å². The van der Waals surface area contributed by atoms with Crippen LogP contribution in [-0.2, 0) is 11.2 Å². The van der Waals surface area contributed by atoms with Crippen molar-refractivity contribution in [3.05, 3.63) is 63.2 Å². The molecule has 0 saturated carbocycles. The number of carbonyl (C=O) groups is 1. The summed E-state index contributed by atoms with van der Waals surface area (Å²) in [5, 5.41) is 19.6. The van der Waals surface area contributed by atoms with Crippen LogP contribution < -0.4 is 4.90 Å². The zero-order valence-corrected chi connectivity index (χ0v) is 15.9. The molecule has 0 N–H and O–H groups in total. The molecular formula is C18H13ClN4O4S. The van der Waals surface area contributed by atoms with E-state index in [-0.39, 0.29) is 22.6 Å². The number of hydrogen-bond donors (Lipinski definition) is 0. The standard InChI is InChI=1S/C18H13ClN4O4S/c19-14-4-2-1-3-13(14)17-20-21-18(27-17)28-10-16(24)22-8-7-11-9-12(23(25)26)5-6-15(11)22/h1-6,9H,7-8,10H2. The average molecular weight is 417 g/mol. The number of fused-ring (bicyclic) bond motifs is 1. The van der Waals surface area contributed by atoms with Crippen molar-refractivity contribution in [3.8, 4) is 11.5 Å². The smallest absolute Gasteiger partial charge is 0.277 e. The molecule has 3 aromatic rings. The number of benzene rings is 2. The zero-order chi connectivity index (χ0) is 19.7. The fourth-order valence-electron chi connectivity index (χ4n) is 2.97. The first kappa shape index (κ1) is 18.5. The van der Waals surface area contributed by atoms with Crippen molar-refractivity contribution in [1.82, 2.24) is 10.2 Å². The van der Waals surface area contributed by atoms with E-state index in [1.54, 1.807) is 29.2 Å². The Balaban J connectivity index is 1.43. The monoisotopic (exact) mass is 416 g/mol. The Morgan fingerprint density at radius 1 is 1.29 bits per heavy atom. The van der Waals surface area contributed by atoms with Crippen molar-refractivity contribution < 1.29 is 14.1 Å². The second kappa shape index (κ2) is 7.61. The quantitative estimate of drug-likeness (QED) is 0.352. The summed E-state index contributed by atoms with van der Waals surface area (Å²) >= 11 is 7.26. The Kier molecular flexibility index (Phi) is 5.01. The van der Waals surface area contributed by atoms with Crippen molar-refractivity contribution in [1.29, 1.82) is 0 Å². The number of hydrogen-bond acceptors (Lipinski definition) is 7. The highest BCUT2D eigenvalue weighted by Gasteiger charge is 2.26. The van der Waals surface area contributed by atoms with E-state index in [1.807, 2.05) is 6.07 Å². The molecule has 2 heterocycles. The predicted molar refractivity (Wildman–Crippen MR) is 105 cm³/mol. The molecule has 0 atom stereocenters. The molecule has 8 nitrogen and oxygen atoms in total. The maximum absolute atomic E-state index is 12.6. The minimum atomic E-state index is -0.438. The van der Waals surface area contributed by atoms with Gasteiger partial charge in [0.15, 0.2) is 0 Å². The van der Waals surface area contributed by atoms with Gasteiger partial charge >= 0.3 is 0 Å². The summed E-state index contributed by atoms with van der Waals surface area (Å²) in [5.74, 6) is 0.273. The largest absolute Gasteiger partial charge is 0.411 e. The van der Waals surface area contributed by atoms with E-state index in [0.29, 0.717) is 35.1 Å². The molecule has 0 saturated heterocycles. The van der Waals surface area contributed by atoms with Gasteiger partial charge in [-0.15, -0.1) is 10.2 Å². The summed E-state index contributed by atoms with van der Waals surface area (Å²) in [7, 11) is 0. The van der Waals surface area contributed by atoms with Crippen molar-refractivity contribution >= 4 is 40.6 Å². The first-order chi connectivity index (χ1) is 13.5. The first-order valence-corrected chi connectivity index (χ1v) is 9.68. The van der Waals surface area contributed by atoms with Gasteiger partial charge in [0.05, 0.1) is 21.3 Å². The summed E-state index contributed by atoms with van der Waals surface area (Å²) in [6.07, 6.45) is 0.588. The maximum atomic E-state index is 12.6. The van der Waals surface area contributed by atoms with E-state index in [9.17, 15) is 14.9 Å². The molecule has 0 aliphatic carbocycles. The summed E-state index contributed by atoms with van der Waals surface area (Å²) in [6.45, 7) is 0.491. The van der Waals surface area contributed by atoms with Gasteiger partial charge in [0.1, 0.15) is 0 Å². The van der Waals surface area contributed by atoms with E-state index in [0.717, 1.165) is 17.3 Å². The number of rotatable bonds is 5. The second-order valence-electron chi connectivity index (χ2n) is 6.01. The van der Waals surface area contributed by atoms with Crippen LogP contribution in [0.1, 0.15) is 5.56 Å². The van der Waals surface area contributed by atoms with Crippen LogP contribution in [0, 0.1) is 10.1 Å². The predicted octanol–water partition coefficient (Wildman–Crippen LogP) is 3.98. The topological polar surface area (TPSA) is 102 Å². The summed E-state index contributed by atoms with van der Waals surface area (Å²) < 4.78 is 5.59. The number of amides is 1. The van der Waals surface area contributed by atoms with Crippen molar-refractivity contribution in [3.63, 3.8) is 0 Å². The molecule has 10 heteroatoms. The van der Waals surface area contributed by atoms with Gasteiger partial charge in [0.25, 0.3) is 10.9 Å². The molecular weight excluding hydrogens is 404 g/mol. The van der Waals surface area contributed by atoms with Gasteiger partial charge in [0, 0.05) is 24.4 Å². The van der Waals surface area contributed by atoms with Crippen LogP contribution in [0.3, 0.4) is 0 Å². The lowest BCUT2D eigenvalue weighted by atomic mass is 10.1. The Morgan fingerprint density at radius 3 is 2.89 bits per heavy atom. The summed E-state index contributed by atoms with van der Waals surface area (Å²) in [5.41, 5.74) is 2.16. The lowest BCUT2D eigenvalue weighted by Gasteiger charge is -2.16. The average Bonchev–Trinajstić information content (AvgIpc) is 3.33. The van der Waals surface area contributed by atoms with Gasteiger partial charge in [-0.25, -0.2) is 0 Å². The highest BCUT2D eigenvalue weighted by molar-refractivity contribution is 7.99. The van der Waals surface area contributed by atoms with Crippen LogP contribution in [-0.4, -0.2) is 33.3 Å². The molecule has 0 radical (unpaired) electrons. The van der Waals surface area contributed by atoms with Crippen LogP contribution in [0.15, 0.2) is 52.1 Å². The van der Waals surface area contributed by atoms with Crippen molar-refractivity contribution in [2.24, 2.45) is 0 Å². The highest BCUT2D eigenvalue weighted by atomic mass is 35.5. The molecule has 28 heavy (non-hydrogen) atoms. The number of halogens is 1. The highest BCUT2D eigenvalue weighted by Crippen LogP contribution is 2.33. The maximum Gasteiger partial charge on any atom is 0.277 e. The third-order valence-corrected chi connectivity index (χ3v) is 5.43. The van der Waals surface area contributed by atoms with Crippen LogP contribution in [0.2, 0.25) is 5.02 Å². The van der Waals surface area contributed by atoms with E-state index in [1.165, 1.54) is 12.1 Å². The fraction of sp³-hybridized carbons (Fsp3) is 0.167. The van der Waals surface area contributed by atoms with Crippen molar-refractivity contribution in [2.45, 2.75) is 11.6 Å². The SMILES string of the molecule is O=C(CSc1nnc(-c2ccccc2Cl)o1)N1CCc2cc([N+](=O)[O-])ccc21. The number of anilines is 1. The summed E-state index contributed by atoms with van der Waals surface area (Å²) in [6, 6.07) is 11.7. The Morgan fingerprint density at radius 2 is 2.11 bits per heavy atom. The number of carbonyl (C=O) groups excluding carboxylic acids is 1. The third kappa shape index (κ3) is 3.58. The number of nitrogens with zero attached hydrogens (tertiary/aromatic N) is 4. The minimum Gasteiger partial charge on any atom is -0.411 e. The van der Waals surface area contributed by atoms with Crippen LogP contribution in [0.5, 0.6) is 0 Å². The number of non-ortho nitro benzene ring substituents is 1. The molecule has 4 rings (SSSR count). The molecule has 0 bridgehead atoms. The van der Waals surface area contributed by atoms with Crippen LogP contribution in [0.25, 0.3) is 11.5 Å². The number of nitro benzene ring substituents is 1. The molecule has 1 aromatic heterocycles. The van der Waals surface area contributed by atoms with Gasteiger partial charge in [-0.05, 0) is 30.2 Å². The first-order valence-electron chi connectivity index (χ1n) is 8.32. The lowest BCUT2D eigenvalue weighted by Crippen LogP contribution is -2.30. The van der Waals surface area contributed by atoms with Crippen molar-refractivity contribution in [2.75, 3.05) is 17.2 Å². The Hall–Kier alpha value is -2.91. The normalized spacial score (nSPS) is 12.8. The van der Waals surface area contributed by atoms with Crippen LogP contribution in [0.4, 0.5) is 11.4 Å². The second-order valence-corrected chi connectivity index (χ2v) is 7.34. The molecule has 1 amide bonds. The van der Waals surface area contributed by atoms with Gasteiger partial charge in [0.2, 0.25) is 11.8 Å². The third-order valence-electron chi connectivity index (χ3n) is 4.30. The zero-order valence-electron chi connectivity index (χ0n) is 14.4. The van der Waals surface area contributed by atoms with E-state index in [2.05, 4.69) is 10.2 Å². The molecule has 1 aliphatic rings. The van der Waals surface area contributed by atoms with Gasteiger partial charge < -0.3 is 9.32 Å². The minimum absolute atomic E-state index is 0.0281. The van der Waals surface area contributed by atoms with Gasteiger partial charge in [-0.1, -0.05) is 35.5 Å². The number of thioether (sulfide) groups is 1. The van der Waals surface area contributed by atoms with E-state index in [4.69, 9.17) is 16.0 Å². The molecule has 0 fully saturated rings. The number of aromatic nitrogens is 2. The Bertz CT molecular complexity index is 1070. The summed E-state index contributed by atoms with van der Waals surface area (Å²) in [4.78, 5) is 24.7. The molecule has 0 spiro atoms. The lowest BCUT2D eigenvalue weighted by molar-refractivity contribution is -0.384. The molecule has 2 aromatic carbocycles. The molecule has 0 unspecified atom stereocenters. The molecule has 1 aliphatic heterocycles. The van der Waals surface area contributed by atoms with Gasteiger partial charge in [-0.2, -0.15) is 0 Å². The Labute approximate surface area is 168 Å². The van der Waals surface area contributed by atoms with Gasteiger partial charge in [-0.3, -0.25) is 14.9 Å². The number of nitro groups is 1. The molecule has 142 valence electrons.